The Balaban J connectivity index is 0.00000242. The van der Waals surface area contributed by atoms with E-state index >= 15 is 0 Å². The second-order valence-electron chi connectivity index (χ2n) is 5.33. The minimum absolute atomic E-state index is 0. The number of hydrogen-bond acceptors (Lipinski definition) is 5. The first-order chi connectivity index (χ1) is 9.81. The average Bonchev–Trinajstić information content (AvgIpc) is 2.38. The molecule has 22 heavy (non-hydrogen) atoms. The number of nitrogens with zero attached hydrogens (tertiary/aromatic N) is 1. The average molecular weight is 350 g/mol. The lowest BCUT2D eigenvalue weighted by molar-refractivity contribution is -0.385. The molecule has 124 valence electrons. The summed E-state index contributed by atoms with van der Waals surface area (Å²) in [4.78, 5) is 10.4. The van der Waals surface area contributed by atoms with Crippen LogP contribution in [0.4, 0.5) is 5.69 Å². The molecule has 1 saturated heterocycles. The van der Waals surface area contributed by atoms with E-state index in [0.717, 1.165) is 25.5 Å². The van der Waals surface area contributed by atoms with Crippen molar-refractivity contribution < 1.29 is 13.3 Å². The fourth-order valence-electron chi connectivity index (χ4n) is 2.54. The minimum atomic E-state index is -3.76. The number of benzene rings is 1. The van der Waals surface area contributed by atoms with Gasteiger partial charge in [-0.2, -0.15) is 0 Å². The van der Waals surface area contributed by atoms with Crippen LogP contribution >= 0.6 is 12.4 Å². The topological polar surface area (TPSA) is 101 Å². The van der Waals surface area contributed by atoms with Crippen molar-refractivity contribution in [3.05, 3.63) is 33.4 Å². The van der Waals surface area contributed by atoms with E-state index in [4.69, 9.17) is 0 Å². The van der Waals surface area contributed by atoms with Gasteiger partial charge in [-0.05, 0) is 44.9 Å². The van der Waals surface area contributed by atoms with Gasteiger partial charge in [-0.15, -0.1) is 12.4 Å². The molecule has 2 N–H and O–H groups in total. The molecule has 0 aliphatic carbocycles. The molecule has 1 fully saturated rings. The maximum absolute atomic E-state index is 12.4. The molecule has 1 aliphatic rings. The fourth-order valence-corrected chi connectivity index (χ4v) is 4.06. The molecule has 0 radical (unpaired) electrons. The van der Waals surface area contributed by atoms with Crippen molar-refractivity contribution in [2.75, 3.05) is 13.1 Å². The van der Waals surface area contributed by atoms with Crippen LogP contribution in [0.5, 0.6) is 0 Å². The molecule has 0 aromatic heterocycles. The lowest BCUT2D eigenvalue weighted by atomic mass is 10.1. The van der Waals surface area contributed by atoms with Gasteiger partial charge in [0.2, 0.25) is 10.0 Å². The second-order valence-corrected chi connectivity index (χ2v) is 7.01. The first-order valence-corrected chi connectivity index (χ1v) is 8.28. The number of hydrogen-bond donors (Lipinski definition) is 2. The van der Waals surface area contributed by atoms with Crippen molar-refractivity contribution in [2.45, 2.75) is 37.6 Å². The molecule has 0 saturated carbocycles. The zero-order chi connectivity index (χ0) is 15.6. The smallest absolute Gasteiger partial charge is 0.273 e. The van der Waals surface area contributed by atoms with Gasteiger partial charge in [0.1, 0.15) is 0 Å². The Morgan fingerprint density at radius 2 is 2.00 bits per heavy atom. The molecule has 1 aliphatic heterocycles. The number of nitro groups is 1. The molecule has 2 rings (SSSR count). The summed E-state index contributed by atoms with van der Waals surface area (Å²) in [5, 5.41) is 14.1. The second kappa shape index (κ2) is 7.36. The van der Waals surface area contributed by atoms with Crippen molar-refractivity contribution in [1.29, 1.82) is 0 Å². The zero-order valence-corrected chi connectivity index (χ0v) is 14.1. The van der Waals surface area contributed by atoms with Crippen molar-refractivity contribution in [3.63, 3.8) is 0 Å². The number of aryl methyl sites for hydroxylation is 2. The number of piperidine rings is 1. The summed E-state index contributed by atoms with van der Waals surface area (Å²) in [6.07, 6.45) is 1.67. The maximum atomic E-state index is 12.4. The van der Waals surface area contributed by atoms with E-state index in [1.54, 1.807) is 13.8 Å². The van der Waals surface area contributed by atoms with Crippen LogP contribution in [0, 0.1) is 24.0 Å². The fraction of sp³-hybridized carbons (Fsp3) is 0.538. The van der Waals surface area contributed by atoms with Gasteiger partial charge in [-0.1, -0.05) is 0 Å². The molecule has 1 aromatic rings. The van der Waals surface area contributed by atoms with E-state index < -0.39 is 14.9 Å². The molecule has 1 unspecified atom stereocenters. The number of rotatable bonds is 4. The Morgan fingerprint density at radius 1 is 1.32 bits per heavy atom. The monoisotopic (exact) mass is 349 g/mol. The van der Waals surface area contributed by atoms with Gasteiger partial charge in [0, 0.05) is 24.2 Å². The van der Waals surface area contributed by atoms with Crippen molar-refractivity contribution >= 4 is 28.1 Å². The molecule has 0 amide bonds. The van der Waals surface area contributed by atoms with E-state index in [9.17, 15) is 18.5 Å². The van der Waals surface area contributed by atoms with Gasteiger partial charge >= 0.3 is 0 Å². The highest BCUT2D eigenvalue weighted by Crippen LogP contribution is 2.26. The molecule has 9 heteroatoms. The Morgan fingerprint density at radius 3 is 2.55 bits per heavy atom. The van der Waals surface area contributed by atoms with E-state index in [2.05, 4.69) is 10.0 Å². The molecule has 1 aromatic carbocycles. The summed E-state index contributed by atoms with van der Waals surface area (Å²) in [7, 11) is -3.76. The standard InChI is InChI=1S/C13H19N3O4S.ClH/c1-9-6-10(2)13(7-12(9)16(17)18)21(19,20)15-11-4-3-5-14-8-11;/h6-7,11,14-15H,3-5,8H2,1-2H3;1H. The Labute approximate surface area is 136 Å². The molecule has 0 bridgehead atoms. The Bertz CT molecular complexity index is 657. The Kier molecular flexibility index (Phi) is 6.30. The predicted molar refractivity (Wildman–Crippen MR) is 86.0 cm³/mol. The van der Waals surface area contributed by atoms with Crippen LogP contribution in [-0.2, 0) is 10.0 Å². The summed E-state index contributed by atoms with van der Waals surface area (Å²) in [6, 6.07) is 2.50. The van der Waals surface area contributed by atoms with E-state index in [1.165, 1.54) is 6.07 Å². The third kappa shape index (κ3) is 4.16. The molecule has 1 heterocycles. The van der Waals surface area contributed by atoms with E-state index in [-0.39, 0.29) is 29.0 Å². The van der Waals surface area contributed by atoms with Gasteiger partial charge in [0.15, 0.2) is 0 Å². The van der Waals surface area contributed by atoms with Crippen LogP contribution in [-0.4, -0.2) is 32.5 Å². The van der Waals surface area contributed by atoms with Crippen LogP contribution in [0.3, 0.4) is 0 Å². The first-order valence-electron chi connectivity index (χ1n) is 6.80. The highest BCUT2D eigenvalue weighted by molar-refractivity contribution is 7.89. The third-order valence-corrected chi connectivity index (χ3v) is 5.26. The number of sulfonamides is 1. The summed E-state index contributed by atoms with van der Waals surface area (Å²) in [5.74, 6) is 0. The highest BCUT2D eigenvalue weighted by atomic mass is 35.5. The van der Waals surface area contributed by atoms with Crippen LogP contribution in [0.15, 0.2) is 17.0 Å². The minimum Gasteiger partial charge on any atom is -0.315 e. The lowest BCUT2D eigenvalue weighted by Gasteiger charge is -2.24. The number of nitro benzene ring substituents is 1. The molecule has 1 atom stereocenters. The van der Waals surface area contributed by atoms with Crippen molar-refractivity contribution in [2.24, 2.45) is 0 Å². The first kappa shape index (κ1) is 18.8. The van der Waals surface area contributed by atoms with Gasteiger partial charge < -0.3 is 5.32 Å². The highest BCUT2D eigenvalue weighted by Gasteiger charge is 2.26. The number of halogens is 1. The lowest BCUT2D eigenvalue weighted by Crippen LogP contribution is -2.45. The Hall–Kier alpha value is -1.22. The van der Waals surface area contributed by atoms with Crippen molar-refractivity contribution in [1.82, 2.24) is 10.0 Å². The maximum Gasteiger partial charge on any atom is 0.273 e. The summed E-state index contributed by atoms with van der Waals surface area (Å²) < 4.78 is 27.5. The van der Waals surface area contributed by atoms with Gasteiger partial charge in [-0.3, -0.25) is 10.1 Å². The van der Waals surface area contributed by atoms with Gasteiger partial charge in [0.05, 0.1) is 9.82 Å². The van der Waals surface area contributed by atoms with Crippen LogP contribution in [0.25, 0.3) is 0 Å². The quantitative estimate of drug-likeness (QED) is 0.636. The van der Waals surface area contributed by atoms with Crippen LogP contribution in [0.1, 0.15) is 24.0 Å². The molecule has 0 spiro atoms. The molecule has 7 nitrogen and oxygen atoms in total. The predicted octanol–water partition coefficient (Wildman–Crippen LogP) is 1.66. The normalized spacial score (nSPS) is 18.5. The third-order valence-electron chi connectivity index (χ3n) is 3.60. The molecular formula is C13H20ClN3O4S. The summed E-state index contributed by atoms with van der Waals surface area (Å²) in [5.41, 5.74) is 0.785. The van der Waals surface area contributed by atoms with E-state index in [0.29, 0.717) is 17.7 Å². The van der Waals surface area contributed by atoms with Gasteiger partial charge in [0.25, 0.3) is 5.69 Å². The van der Waals surface area contributed by atoms with Crippen LogP contribution in [0.2, 0.25) is 0 Å². The van der Waals surface area contributed by atoms with Crippen LogP contribution < -0.4 is 10.0 Å². The molecular weight excluding hydrogens is 330 g/mol. The van der Waals surface area contributed by atoms with E-state index in [1.807, 2.05) is 0 Å². The van der Waals surface area contributed by atoms with Crippen molar-refractivity contribution in [3.8, 4) is 0 Å². The van der Waals surface area contributed by atoms with Gasteiger partial charge in [-0.25, -0.2) is 13.1 Å². The largest absolute Gasteiger partial charge is 0.315 e. The number of nitrogens with one attached hydrogen (secondary N) is 2. The zero-order valence-electron chi connectivity index (χ0n) is 12.5. The SMILES string of the molecule is Cc1cc(C)c(S(=O)(=O)NC2CCCNC2)cc1[N+](=O)[O-].Cl. The summed E-state index contributed by atoms with van der Waals surface area (Å²) in [6.45, 7) is 4.70. The summed E-state index contributed by atoms with van der Waals surface area (Å²) >= 11 is 0.